The molecule has 1 aliphatic carbocycles. The van der Waals surface area contributed by atoms with Crippen molar-refractivity contribution in [3.63, 3.8) is 0 Å². The first-order chi connectivity index (χ1) is 17.3. The zero-order chi connectivity index (χ0) is 24.4. The summed E-state index contributed by atoms with van der Waals surface area (Å²) in [5.41, 5.74) is 2.49. The fourth-order valence-corrected chi connectivity index (χ4v) is 5.38. The van der Waals surface area contributed by atoms with Crippen molar-refractivity contribution in [1.29, 1.82) is 0 Å². The van der Waals surface area contributed by atoms with E-state index in [1.54, 1.807) is 0 Å². The van der Waals surface area contributed by atoms with Gasteiger partial charge in [-0.15, -0.1) is 0 Å². The molecule has 0 atom stereocenters. The van der Waals surface area contributed by atoms with Gasteiger partial charge in [0.25, 0.3) is 0 Å². The molecule has 0 unspecified atom stereocenters. The second kappa shape index (κ2) is 17.5. The van der Waals surface area contributed by atoms with Gasteiger partial charge in [0.2, 0.25) is 0 Å². The lowest BCUT2D eigenvalue weighted by atomic mass is 9.99. The summed E-state index contributed by atoms with van der Waals surface area (Å²) in [4.78, 5) is 9.07. The molecule has 0 N–H and O–H groups in total. The van der Waals surface area contributed by atoms with Crippen LogP contribution in [-0.2, 0) is 6.42 Å². The van der Waals surface area contributed by atoms with E-state index < -0.39 is 0 Å². The Balaban J connectivity index is 1.23. The first kappa shape index (κ1) is 27.7. The van der Waals surface area contributed by atoms with Crippen LogP contribution in [0.25, 0.3) is 11.4 Å². The van der Waals surface area contributed by atoms with Crippen molar-refractivity contribution in [2.75, 3.05) is 6.61 Å². The van der Waals surface area contributed by atoms with Crippen molar-refractivity contribution < 1.29 is 4.74 Å². The van der Waals surface area contributed by atoms with Crippen molar-refractivity contribution >= 4 is 0 Å². The van der Waals surface area contributed by atoms with Crippen LogP contribution < -0.4 is 4.74 Å². The van der Waals surface area contributed by atoms with Gasteiger partial charge in [-0.2, -0.15) is 0 Å². The molecule has 1 fully saturated rings. The summed E-state index contributed by atoms with van der Waals surface area (Å²) < 4.78 is 5.87. The summed E-state index contributed by atoms with van der Waals surface area (Å²) >= 11 is 0. The third-order valence-corrected chi connectivity index (χ3v) is 7.66. The van der Waals surface area contributed by atoms with Gasteiger partial charge < -0.3 is 4.74 Å². The predicted octanol–water partition coefficient (Wildman–Crippen LogP) is 9.74. The maximum atomic E-state index is 5.87. The number of unbranched alkanes of at least 4 members (excludes halogenated alkanes) is 11. The van der Waals surface area contributed by atoms with E-state index in [0.29, 0.717) is 0 Å². The molecule has 0 aliphatic heterocycles. The Hall–Kier alpha value is -1.90. The van der Waals surface area contributed by atoms with E-state index in [0.717, 1.165) is 36.1 Å². The van der Waals surface area contributed by atoms with Crippen molar-refractivity contribution in [2.24, 2.45) is 5.92 Å². The van der Waals surface area contributed by atoms with Crippen LogP contribution in [0.5, 0.6) is 5.75 Å². The van der Waals surface area contributed by atoms with E-state index in [2.05, 4.69) is 41.2 Å². The van der Waals surface area contributed by atoms with Gasteiger partial charge in [-0.1, -0.05) is 134 Å². The highest BCUT2D eigenvalue weighted by atomic mass is 16.5. The smallest absolute Gasteiger partial charge is 0.159 e. The number of hydrogen-bond donors (Lipinski definition) is 0. The Bertz CT molecular complexity index is 765. The molecule has 0 saturated heterocycles. The molecule has 35 heavy (non-hydrogen) atoms. The zero-order valence-corrected chi connectivity index (χ0v) is 22.5. The average molecular weight is 479 g/mol. The summed E-state index contributed by atoms with van der Waals surface area (Å²) in [5.74, 6) is 2.60. The summed E-state index contributed by atoms with van der Waals surface area (Å²) in [5, 5.41) is 0. The van der Waals surface area contributed by atoms with Crippen LogP contribution >= 0.6 is 0 Å². The van der Waals surface area contributed by atoms with Crippen LogP contribution in [0.2, 0.25) is 0 Å². The number of aryl methyl sites for hydroxylation is 1. The molecule has 1 aromatic heterocycles. The topological polar surface area (TPSA) is 35.0 Å². The van der Waals surface area contributed by atoms with E-state index in [4.69, 9.17) is 4.74 Å². The molecule has 1 saturated carbocycles. The highest BCUT2D eigenvalue weighted by Gasteiger charge is 2.13. The molecule has 0 amide bonds. The molecule has 3 nitrogen and oxygen atoms in total. The lowest BCUT2D eigenvalue weighted by Gasteiger charge is -2.08. The number of rotatable bonds is 19. The van der Waals surface area contributed by atoms with Crippen LogP contribution in [0.1, 0.15) is 128 Å². The molecule has 0 spiro atoms. The maximum absolute atomic E-state index is 5.87. The molecule has 0 radical (unpaired) electrons. The normalized spacial score (nSPS) is 14.0. The quantitative estimate of drug-likeness (QED) is 0.188. The first-order valence-corrected chi connectivity index (χ1v) is 14.9. The standard InChI is InChI=1S/C32H50N2O/c1-2-3-4-5-6-7-9-13-18-29-21-23-30(24-22-29)32-33-26-31(27-34-32)35-25-16-11-8-10-12-17-28-19-14-15-20-28/h21-24,26-28H,2-20,25H2,1H3. The largest absolute Gasteiger partial charge is 0.490 e. The molecule has 3 rings (SSSR count). The zero-order valence-electron chi connectivity index (χ0n) is 22.5. The summed E-state index contributed by atoms with van der Waals surface area (Å²) in [6.45, 7) is 3.04. The van der Waals surface area contributed by atoms with Gasteiger partial charge in [0.05, 0.1) is 19.0 Å². The molecule has 2 aromatic rings. The molecule has 3 heteroatoms. The summed E-state index contributed by atoms with van der Waals surface area (Å²) in [6.07, 6.45) is 29.6. The Kier molecular flexibility index (Phi) is 13.9. The monoisotopic (exact) mass is 478 g/mol. The number of ether oxygens (including phenoxy) is 1. The van der Waals surface area contributed by atoms with Crippen LogP contribution in [0.4, 0.5) is 0 Å². The second-order valence-corrected chi connectivity index (χ2v) is 10.7. The Morgan fingerprint density at radius 2 is 1.31 bits per heavy atom. The highest BCUT2D eigenvalue weighted by molar-refractivity contribution is 5.55. The van der Waals surface area contributed by atoms with Crippen molar-refractivity contribution in [2.45, 2.75) is 129 Å². The van der Waals surface area contributed by atoms with Gasteiger partial charge in [-0.3, -0.25) is 0 Å². The molecule has 194 valence electrons. The minimum atomic E-state index is 0.763. The number of benzene rings is 1. The van der Waals surface area contributed by atoms with Crippen molar-refractivity contribution in [3.05, 3.63) is 42.2 Å². The average Bonchev–Trinajstić information content (AvgIpc) is 3.42. The lowest BCUT2D eigenvalue weighted by Crippen LogP contribution is -1.99. The number of aromatic nitrogens is 2. The molecular formula is C32H50N2O. The van der Waals surface area contributed by atoms with Gasteiger partial charge in [-0.05, 0) is 30.7 Å². The van der Waals surface area contributed by atoms with E-state index in [1.807, 2.05) is 12.4 Å². The lowest BCUT2D eigenvalue weighted by molar-refractivity contribution is 0.301. The van der Waals surface area contributed by atoms with E-state index in [1.165, 1.54) is 121 Å². The third kappa shape index (κ3) is 11.6. The second-order valence-electron chi connectivity index (χ2n) is 10.7. The Morgan fingerprint density at radius 1 is 0.714 bits per heavy atom. The molecule has 1 aromatic carbocycles. The molecule has 1 heterocycles. The molecular weight excluding hydrogens is 428 g/mol. The van der Waals surface area contributed by atoms with Crippen molar-refractivity contribution in [3.8, 4) is 17.1 Å². The van der Waals surface area contributed by atoms with Gasteiger partial charge in [0.15, 0.2) is 11.6 Å². The summed E-state index contributed by atoms with van der Waals surface area (Å²) in [6, 6.07) is 8.78. The fourth-order valence-electron chi connectivity index (χ4n) is 5.38. The Morgan fingerprint density at radius 3 is 2.00 bits per heavy atom. The maximum Gasteiger partial charge on any atom is 0.159 e. The fraction of sp³-hybridized carbons (Fsp3) is 0.688. The highest BCUT2D eigenvalue weighted by Crippen LogP contribution is 2.29. The predicted molar refractivity (Wildman–Crippen MR) is 149 cm³/mol. The van der Waals surface area contributed by atoms with E-state index in [-0.39, 0.29) is 0 Å². The Labute approximate surface area is 215 Å². The van der Waals surface area contributed by atoms with Crippen molar-refractivity contribution in [1.82, 2.24) is 9.97 Å². The SMILES string of the molecule is CCCCCCCCCCc1ccc(-c2ncc(OCCCCCCCC3CCCC3)cn2)cc1. The van der Waals surface area contributed by atoms with Gasteiger partial charge in [0, 0.05) is 5.56 Å². The third-order valence-electron chi connectivity index (χ3n) is 7.66. The van der Waals surface area contributed by atoms with Crippen LogP contribution in [0.15, 0.2) is 36.7 Å². The summed E-state index contributed by atoms with van der Waals surface area (Å²) in [7, 11) is 0. The minimum absolute atomic E-state index is 0.763. The first-order valence-electron chi connectivity index (χ1n) is 14.9. The van der Waals surface area contributed by atoms with Crippen LogP contribution in [0, 0.1) is 5.92 Å². The van der Waals surface area contributed by atoms with Gasteiger partial charge >= 0.3 is 0 Å². The van der Waals surface area contributed by atoms with E-state index >= 15 is 0 Å². The van der Waals surface area contributed by atoms with Gasteiger partial charge in [0.1, 0.15) is 0 Å². The van der Waals surface area contributed by atoms with Gasteiger partial charge in [-0.25, -0.2) is 9.97 Å². The van der Waals surface area contributed by atoms with E-state index in [9.17, 15) is 0 Å². The number of hydrogen-bond acceptors (Lipinski definition) is 3. The molecule has 0 bridgehead atoms. The van der Waals surface area contributed by atoms with Crippen LogP contribution in [-0.4, -0.2) is 16.6 Å². The minimum Gasteiger partial charge on any atom is -0.490 e. The molecule has 1 aliphatic rings. The van der Waals surface area contributed by atoms with Crippen LogP contribution in [0.3, 0.4) is 0 Å². The number of nitrogens with zero attached hydrogens (tertiary/aromatic N) is 2.